The molecule has 0 radical (unpaired) electrons. The molecule has 1 heterocycles. The molecule has 1 saturated heterocycles. The molecule has 0 spiro atoms. The largest absolute Gasteiger partial charge is 0.405 e. The summed E-state index contributed by atoms with van der Waals surface area (Å²) in [5, 5.41) is 5.39. The molecule has 5 nitrogen and oxygen atoms in total. The lowest BCUT2D eigenvalue weighted by Crippen LogP contribution is -2.57. The van der Waals surface area contributed by atoms with Crippen molar-refractivity contribution in [2.45, 2.75) is 44.0 Å². The number of nitrogens with one attached hydrogen (secondary N) is 2. The molecular weight excluding hydrogens is 335 g/mol. The fourth-order valence-corrected chi connectivity index (χ4v) is 2.96. The van der Waals surface area contributed by atoms with Crippen LogP contribution in [0.3, 0.4) is 0 Å². The van der Waals surface area contributed by atoms with Crippen molar-refractivity contribution in [3.63, 3.8) is 0 Å². The van der Waals surface area contributed by atoms with E-state index in [1.165, 1.54) is 4.90 Å². The van der Waals surface area contributed by atoms with Crippen molar-refractivity contribution in [1.82, 2.24) is 15.5 Å². The first-order valence-electron chi connectivity index (χ1n) is 7.86. The molecule has 1 saturated carbocycles. The number of hydrogen-bond donors (Lipinski definition) is 2. The third-order valence-corrected chi connectivity index (χ3v) is 4.22. The smallest absolute Gasteiger partial charge is 0.368 e. The molecular formula is C14H25ClF3N3O2. The van der Waals surface area contributed by atoms with Gasteiger partial charge in [0, 0.05) is 32.7 Å². The van der Waals surface area contributed by atoms with Gasteiger partial charge in [-0.15, -0.1) is 12.4 Å². The second-order valence-corrected chi connectivity index (χ2v) is 5.86. The van der Waals surface area contributed by atoms with E-state index < -0.39 is 24.7 Å². The Hall–Kier alpha value is -0.570. The van der Waals surface area contributed by atoms with Crippen LogP contribution in [0.25, 0.3) is 0 Å². The molecule has 2 aliphatic rings. The third kappa shape index (κ3) is 6.82. The number of rotatable bonds is 6. The van der Waals surface area contributed by atoms with Crippen molar-refractivity contribution >= 4 is 18.3 Å². The maximum atomic E-state index is 13.1. The van der Waals surface area contributed by atoms with Crippen molar-refractivity contribution in [2.75, 3.05) is 39.3 Å². The number of amides is 1. The molecule has 0 aromatic heterocycles. The number of piperazine rings is 1. The van der Waals surface area contributed by atoms with Gasteiger partial charge in [-0.1, -0.05) is 12.8 Å². The van der Waals surface area contributed by atoms with E-state index in [-0.39, 0.29) is 25.1 Å². The van der Waals surface area contributed by atoms with Crippen LogP contribution in [0.5, 0.6) is 0 Å². The summed E-state index contributed by atoms with van der Waals surface area (Å²) in [6.45, 7) is 1.15. The average molecular weight is 360 g/mol. The Labute approximate surface area is 140 Å². The van der Waals surface area contributed by atoms with Gasteiger partial charge in [0.1, 0.15) is 12.6 Å². The van der Waals surface area contributed by atoms with E-state index in [1.54, 1.807) is 0 Å². The Morgan fingerprint density at radius 3 is 2.43 bits per heavy atom. The van der Waals surface area contributed by atoms with Crippen LogP contribution < -0.4 is 10.6 Å². The topological polar surface area (TPSA) is 53.6 Å². The molecule has 9 heteroatoms. The maximum absolute atomic E-state index is 13.1. The van der Waals surface area contributed by atoms with Crippen molar-refractivity contribution in [1.29, 1.82) is 0 Å². The maximum Gasteiger partial charge on any atom is 0.405 e. The molecule has 1 atom stereocenters. The molecule has 1 amide bonds. The summed E-state index contributed by atoms with van der Waals surface area (Å²) in [6, 6.07) is -1.63. The predicted molar refractivity (Wildman–Crippen MR) is 82.8 cm³/mol. The van der Waals surface area contributed by atoms with Crippen molar-refractivity contribution in [3.05, 3.63) is 0 Å². The lowest BCUT2D eigenvalue weighted by Gasteiger charge is -2.35. The van der Waals surface area contributed by atoms with Crippen LogP contribution in [-0.4, -0.2) is 68.5 Å². The van der Waals surface area contributed by atoms with E-state index in [4.69, 9.17) is 4.74 Å². The Morgan fingerprint density at radius 2 is 1.87 bits per heavy atom. The van der Waals surface area contributed by atoms with Gasteiger partial charge in [0.25, 0.3) is 0 Å². The molecule has 0 bridgehead atoms. The lowest BCUT2D eigenvalue weighted by atomic mass is 10.2. The molecule has 2 N–H and O–H groups in total. The SMILES string of the molecule is Cl.O=C(COC1CCCC1)NCC(N1CCNCC1)C(F)(F)F. The summed E-state index contributed by atoms with van der Waals surface area (Å²) >= 11 is 0. The highest BCUT2D eigenvalue weighted by Crippen LogP contribution is 2.25. The van der Waals surface area contributed by atoms with E-state index in [0.717, 1.165) is 25.7 Å². The summed E-state index contributed by atoms with van der Waals surface area (Å²) in [5.41, 5.74) is 0. The molecule has 1 aliphatic heterocycles. The Balaban J connectivity index is 0.00000264. The van der Waals surface area contributed by atoms with Crippen molar-refractivity contribution < 1.29 is 22.7 Å². The molecule has 1 unspecified atom stereocenters. The van der Waals surface area contributed by atoms with Crippen molar-refractivity contribution in [3.8, 4) is 0 Å². The number of ether oxygens (including phenoxy) is 1. The minimum absolute atomic E-state index is 0. The third-order valence-electron chi connectivity index (χ3n) is 4.22. The van der Waals surface area contributed by atoms with Gasteiger partial charge in [0.2, 0.25) is 5.91 Å². The summed E-state index contributed by atoms with van der Waals surface area (Å²) < 4.78 is 44.8. The first-order valence-corrected chi connectivity index (χ1v) is 7.86. The molecule has 1 aliphatic carbocycles. The van der Waals surface area contributed by atoms with Crippen molar-refractivity contribution in [2.24, 2.45) is 0 Å². The van der Waals surface area contributed by atoms with Crippen LogP contribution in [0.1, 0.15) is 25.7 Å². The van der Waals surface area contributed by atoms with E-state index in [1.807, 2.05) is 0 Å². The van der Waals surface area contributed by atoms with Crippen LogP contribution in [-0.2, 0) is 9.53 Å². The van der Waals surface area contributed by atoms with Crippen LogP contribution in [0.4, 0.5) is 13.2 Å². The second kappa shape index (κ2) is 9.66. The zero-order valence-electron chi connectivity index (χ0n) is 13.0. The van der Waals surface area contributed by atoms with E-state index in [0.29, 0.717) is 26.2 Å². The predicted octanol–water partition coefficient (Wildman–Crippen LogP) is 1.32. The first-order chi connectivity index (χ1) is 10.5. The van der Waals surface area contributed by atoms with Gasteiger partial charge in [0.05, 0.1) is 6.10 Å². The number of alkyl halides is 3. The zero-order valence-corrected chi connectivity index (χ0v) is 13.8. The standard InChI is InChI=1S/C14H24F3N3O2.ClH/c15-14(16,17)12(20-7-5-18-6-8-20)9-19-13(21)10-22-11-3-1-2-4-11;/h11-12,18H,1-10H2,(H,19,21);1H. The quantitative estimate of drug-likeness (QED) is 0.751. The van der Waals surface area contributed by atoms with Gasteiger partial charge >= 0.3 is 6.18 Å². The summed E-state index contributed by atoms with van der Waals surface area (Å²) in [6.07, 6.45) is -0.232. The van der Waals surface area contributed by atoms with Crippen LogP contribution in [0.2, 0.25) is 0 Å². The molecule has 23 heavy (non-hydrogen) atoms. The average Bonchev–Trinajstić information content (AvgIpc) is 2.98. The number of halogens is 4. The monoisotopic (exact) mass is 359 g/mol. The van der Waals surface area contributed by atoms with E-state index in [2.05, 4.69) is 10.6 Å². The molecule has 0 aromatic carbocycles. The molecule has 2 fully saturated rings. The number of nitrogens with zero attached hydrogens (tertiary/aromatic N) is 1. The highest BCUT2D eigenvalue weighted by Gasteiger charge is 2.43. The Morgan fingerprint density at radius 1 is 1.26 bits per heavy atom. The summed E-state index contributed by atoms with van der Waals surface area (Å²) in [4.78, 5) is 13.0. The fourth-order valence-electron chi connectivity index (χ4n) is 2.96. The molecule has 0 aromatic rings. The molecule has 2 rings (SSSR count). The van der Waals surface area contributed by atoms with Crippen LogP contribution >= 0.6 is 12.4 Å². The van der Waals surface area contributed by atoms with Gasteiger partial charge < -0.3 is 15.4 Å². The molecule has 136 valence electrons. The van der Waals surface area contributed by atoms with Crippen LogP contribution in [0.15, 0.2) is 0 Å². The lowest BCUT2D eigenvalue weighted by molar-refractivity contribution is -0.184. The summed E-state index contributed by atoms with van der Waals surface area (Å²) in [5.74, 6) is -0.476. The highest BCUT2D eigenvalue weighted by atomic mass is 35.5. The van der Waals surface area contributed by atoms with E-state index >= 15 is 0 Å². The van der Waals surface area contributed by atoms with Gasteiger partial charge in [-0.25, -0.2) is 0 Å². The number of carbonyl (C=O) groups excluding carboxylic acids is 1. The second-order valence-electron chi connectivity index (χ2n) is 5.86. The highest BCUT2D eigenvalue weighted by molar-refractivity contribution is 5.85. The Bertz CT molecular complexity index is 360. The minimum Gasteiger partial charge on any atom is -0.368 e. The number of carbonyl (C=O) groups is 1. The normalized spacial score (nSPS) is 21.7. The summed E-state index contributed by atoms with van der Waals surface area (Å²) in [7, 11) is 0. The van der Waals surface area contributed by atoms with Gasteiger partial charge in [0.15, 0.2) is 0 Å². The van der Waals surface area contributed by atoms with E-state index in [9.17, 15) is 18.0 Å². The van der Waals surface area contributed by atoms with Crippen LogP contribution in [0, 0.1) is 0 Å². The van der Waals surface area contributed by atoms with Gasteiger partial charge in [-0.3, -0.25) is 9.69 Å². The fraction of sp³-hybridized carbons (Fsp3) is 0.929. The number of hydrogen-bond acceptors (Lipinski definition) is 4. The van der Waals surface area contributed by atoms with Gasteiger partial charge in [-0.05, 0) is 12.8 Å². The zero-order chi connectivity index (χ0) is 16.0. The first kappa shape index (κ1) is 20.5. The minimum atomic E-state index is -4.35. The Kier molecular flexibility index (Phi) is 8.60. The van der Waals surface area contributed by atoms with Gasteiger partial charge in [-0.2, -0.15) is 13.2 Å².